The third-order valence-electron chi connectivity index (χ3n) is 6.64. The molecule has 13 heteroatoms. The molecule has 0 saturated carbocycles. The Labute approximate surface area is 224 Å². The summed E-state index contributed by atoms with van der Waals surface area (Å²) in [6, 6.07) is 4.47. The van der Waals surface area contributed by atoms with E-state index >= 15 is 0 Å². The van der Waals surface area contributed by atoms with Crippen LogP contribution in [-0.4, -0.2) is 67.6 Å². The Kier molecular flexibility index (Phi) is 10.1. The van der Waals surface area contributed by atoms with Gasteiger partial charge in [-0.15, -0.1) is 13.2 Å². The van der Waals surface area contributed by atoms with Crippen molar-refractivity contribution >= 4 is 35.1 Å². The molecule has 10 nitrogen and oxygen atoms in total. The van der Waals surface area contributed by atoms with Crippen molar-refractivity contribution in [1.29, 1.82) is 0 Å². The molecule has 1 fully saturated rings. The van der Waals surface area contributed by atoms with E-state index in [0.29, 0.717) is 31.6 Å². The molecule has 0 bridgehead atoms. The number of aryl methyl sites for hydroxylation is 1. The van der Waals surface area contributed by atoms with Crippen LogP contribution in [0.15, 0.2) is 24.3 Å². The number of amides is 4. The highest BCUT2D eigenvalue weighted by Gasteiger charge is 2.37. The SMILES string of the molecule is CC(C)C[C@H](NC(=O)C(=O)N1CCCc2ccccc21)C(=O)N[C@@H](CC1CCNC1=O)C(=O)COC(F)(F)F. The van der Waals surface area contributed by atoms with E-state index in [2.05, 4.69) is 20.7 Å². The normalized spacial score (nSPS) is 18.7. The number of ketones is 1. The lowest BCUT2D eigenvalue weighted by Crippen LogP contribution is -2.56. The van der Waals surface area contributed by atoms with Gasteiger partial charge in [-0.05, 0) is 49.7 Å². The first-order chi connectivity index (χ1) is 18.4. The largest absolute Gasteiger partial charge is 0.522 e. The van der Waals surface area contributed by atoms with Crippen molar-refractivity contribution in [1.82, 2.24) is 16.0 Å². The number of hydrogen-bond donors (Lipinski definition) is 3. The first-order valence-electron chi connectivity index (χ1n) is 12.9. The van der Waals surface area contributed by atoms with Gasteiger partial charge in [0.15, 0.2) is 5.78 Å². The van der Waals surface area contributed by atoms with E-state index in [-0.39, 0.29) is 24.7 Å². The molecular weight excluding hydrogens is 521 g/mol. The van der Waals surface area contributed by atoms with Gasteiger partial charge in [-0.2, -0.15) is 0 Å². The molecule has 4 amide bonds. The topological polar surface area (TPSA) is 134 Å². The lowest BCUT2D eigenvalue weighted by Gasteiger charge is -2.30. The zero-order valence-electron chi connectivity index (χ0n) is 21.8. The first-order valence-corrected chi connectivity index (χ1v) is 12.9. The number of nitrogens with one attached hydrogen (secondary N) is 3. The Hall–Kier alpha value is -3.48. The predicted molar refractivity (Wildman–Crippen MR) is 133 cm³/mol. The number of ether oxygens (including phenoxy) is 1. The number of alkyl halides is 3. The molecule has 0 radical (unpaired) electrons. The number of nitrogens with zero attached hydrogens (tertiary/aromatic N) is 1. The van der Waals surface area contributed by atoms with Crippen LogP contribution in [0.5, 0.6) is 0 Å². The van der Waals surface area contributed by atoms with Crippen LogP contribution < -0.4 is 20.9 Å². The van der Waals surface area contributed by atoms with Crippen LogP contribution in [0.3, 0.4) is 0 Å². The average Bonchev–Trinajstić information content (AvgIpc) is 3.28. The number of rotatable bonds is 10. The summed E-state index contributed by atoms with van der Waals surface area (Å²) in [5.74, 6) is -5.00. The fraction of sp³-hybridized carbons (Fsp3) is 0.577. The van der Waals surface area contributed by atoms with E-state index < -0.39 is 54.5 Å². The Morgan fingerprint density at radius 1 is 1.13 bits per heavy atom. The molecule has 3 atom stereocenters. The number of carbonyl (C=O) groups excluding carboxylic acids is 5. The fourth-order valence-electron chi connectivity index (χ4n) is 4.74. The summed E-state index contributed by atoms with van der Waals surface area (Å²) < 4.78 is 41.3. The molecule has 1 unspecified atom stereocenters. The average molecular weight is 555 g/mol. The highest BCUT2D eigenvalue weighted by Crippen LogP contribution is 2.27. The number of Topliss-reactive ketones (excluding diaryl/α,β-unsaturated/α-hetero) is 1. The van der Waals surface area contributed by atoms with Gasteiger partial charge in [-0.1, -0.05) is 32.0 Å². The van der Waals surface area contributed by atoms with Crippen LogP contribution in [-0.2, 0) is 35.1 Å². The van der Waals surface area contributed by atoms with E-state index in [4.69, 9.17) is 0 Å². The Balaban J connectivity index is 1.73. The quantitative estimate of drug-likeness (QED) is 0.377. The zero-order valence-corrected chi connectivity index (χ0v) is 21.8. The highest BCUT2D eigenvalue weighted by atomic mass is 19.4. The Morgan fingerprint density at radius 2 is 1.85 bits per heavy atom. The van der Waals surface area contributed by atoms with Crippen molar-refractivity contribution in [3.63, 3.8) is 0 Å². The van der Waals surface area contributed by atoms with Crippen LogP contribution >= 0.6 is 0 Å². The molecule has 0 aromatic heterocycles. The summed E-state index contributed by atoms with van der Waals surface area (Å²) >= 11 is 0. The molecule has 1 saturated heterocycles. The van der Waals surface area contributed by atoms with Gasteiger partial charge in [0.1, 0.15) is 12.6 Å². The van der Waals surface area contributed by atoms with Crippen molar-refractivity contribution in [3.8, 4) is 0 Å². The molecule has 39 heavy (non-hydrogen) atoms. The van der Waals surface area contributed by atoms with Gasteiger partial charge in [0, 0.05) is 24.7 Å². The lowest BCUT2D eigenvalue weighted by atomic mass is 9.95. The summed E-state index contributed by atoms with van der Waals surface area (Å²) in [7, 11) is 0. The minimum absolute atomic E-state index is 0.0886. The Morgan fingerprint density at radius 3 is 2.49 bits per heavy atom. The van der Waals surface area contributed by atoms with E-state index in [1.807, 2.05) is 12.1 Å². The van der Waals surface area contributed by atoms with Gasteiger partial charge >= 0.3 is 18.2 Å². The smallest absolute Gasteiger partial charge is 0.356 e. The van der Waals surface area contributed by atoms with Gasteiger partial charge in [0.05, 0.1) is 6.04 Å². The van der Waals surface area contributed by atoms with Crippen molar-refractivity contribution in [2.24, 2.45) is 11.8 Å². The van der Waals surface area contributed by atoms with Crippen molar-refractivity contribution < 1.29 is 41.9 Å². The summed E-state index contributed by atoms with van der Waals surface area (Å²) in [4.78, 5) is 65.2. The van der Waals surface area contributed by atoms with Crippen molar-refractivity contribution in [2.75, 3.05) is 24.6 Å². The maximum absolute atomic E-state index is 13.2. The molecule has 3 rings (SSSR count). The maximum Gasteiger partial charge on any atom is 0.522 e. The minimum atomic E-state index is -5.06. The highest BCUT2D eigenvalue weighted by molar-refractivity contribution is 6.40. The lowest BCUT2D eigenvalue weighted by molar-refractivity contribution is -0.321. The van der Waals surface area contributed by atoms with E-state index in [1.165, 1.54) is 4.90 Å². The van der Waals surface area contributed by atoms with Crippen LogP contribution in [0.2, 0.25) is 0 Å². The number of hydrogen-bond acceptors (Lipinski definition) is 6. The number of halogens is 3. The molecular formula is C26H33F3N4O6. The predicted octanol–water partition coefficient (Wildman–Crippen LogP) is 1.61. The van der Waals surface area contributed by atoms with Crippen LogP contribution in [0.1, 0.15) is 45.1 Å². The van der Waals surface area contributed by atoms with Gasteiger partial charge in [0.25, 0.3) is 0 Å². The molecule has 0 spiro atoms. The summed E-state index contributed by atoms with van der Waals surface area (Å²) in [6.07, 6.45) is -3.45. The number of anilines is 1. The third-order valence-corrected chi connectivity index (χ3v) is 6.64. The van der Waals surface area contributed by atoms with Gasteiger partial charge in [-0.3, -0.25) is 28.7 Å². The van der Waals surface area contributed by atoms with E-state index in [1.54, 1.807) is 26.0 Å². The summed E-state index contributed by atoms with van der Waals surface area (Å²) in [6.45, 7) is 2.86. The molecule has 1 aromatic rings. The summed E-state index contributed by atoms with van der Waals surface area (Å²) in [5, 5.41) is 7.40. The monoisotopic (exact) mass is 554 g/mol. The molecule has 0 aliphatic carbocycles. The number of fused-ring (bicyclic) bond motifs is 1. The zero-order chi connectivity index (χ0) is 28.7. The van der Waals surface area contributed by atoms with Crippen LogP contribution in [0.4, 0.5) is 18.9 Å². The fourth-order valence-corrected chi connectivity index (χ4v) is 4.74. The third kappa shape index (κ3) is 8.50. The molecule has 2 aliphatic rings. The second-order valence-corrected chi connectivity index (χ2v) is 10.1. The van der Waals surface area contributed by atoms with Crippen molar-refractivity contribution in [3.05, 3.63) is 29.8 Å². The first kappa shape index (κ1) is 30.1. The van der Waals surface area contributed by atoms with Gasteiger partial charge in [0.2, 0.25) is 11.8 Å². The molecule has 2 aliphatic heterocycles. The van der Waals surface area contributed by atoms with E-state index in [9.17, 15) is 37.1 Å². The number of benzene rings is 1. The Bertz CT molecular complexity index is 1090. The van der Waals surface area contributed by atoms with Gasteiger partial charge in [-0.25, -0.2) is 0 Å². The molecule has 214 valence electrons. The molecule has 2 heterocycles. The molecule has 1 aromatic carbocycles. The number of para-hydroxylation sites is 1. The van der Waals surface area contributed by atoms with E-state index in [0.717, 1.165) is 12.0 Å². The second kappa shape index (κ2) is 13.0. The van der Waals surface area contributed by atoms with Crippen LogP contribution in [0.25, 0.3) is 0 Å². The molecule has 3 N–H and O–H groups in total. The van der Waals surface area contributed by atoms with Crippen LogP contribution in [0, 0.1) is 11.8 Å². The van der Waals surface area contributed by atoms with Gasteiger partial charge < -0.3 is 20.9 Å². The maximum atomic E-state index is 13.2. The second-order valence-electron chi connectivity index (χ2n) is 10.1. The minimum Gasteiger partial charge on any atom is -0.356 e. The summed E-state index contributed by atoms with van der Waals surface area (Å²) in [5.41, 5.74) is 1.53. The number of carbonyl (C=O) groups is 5. The van der Waals surface area contributed by atoms with Crippen molar-refractivity contribution in [2.45, 2.75) is 64.4 Å². The standard InChI is InChI=1S/C26H33F3N4O6/c1-15(2)12-19(32-24(37)25(38)33-11-5-7-16-6-3-4-8-20(16)33)23(36)31-18(13-17-9-10-30-22(17)35)21(34)14-39-26(27,28)29/h3-4,6,8,15,17-19H,5,7,9-14H2,1-2H3,(H,30,35)(H,31,36)(H,32,37)/t17?,18-,19-/m0/s1.